The number of amides is 1. The molecule has 1 aliphatic heterocycles. The van der Waals surface area contributed by atoms with E-state index >= 15 is 0 Å². The molecule has 4 rings (SSSR count). The second kappa shape index (κ2) is 8.77. The average Bonchev–Trinajstić information content (AvgIpc) is 3.50. The molecule has 0 spiro atoms. The highest BCUT2D eigenvalue weighted by atomic mass is 16.5. The van der Waals surface area contributed by atoms with Crippen molar-refractivity contribution in [3.63, 3.8) is 0 Å². The van der Waals surface area contributed by atoms with Crippen LogP contribution in [0.3, 0.4) is 0 Å². The highest BCUT2D eigenvalue weighted by Crippen LogP contribution is 2.37. The zero-order valence-electron chi connectivity index (χ0n) is 17.6. The number of hydrogen-bond acceptors (Lipinski definition) is 6. The lowest BCUT2D eigenvalue weighted by Gasteiger charge is -2.33. The van der Waals surface area contributed by atoms with E-state index in [2.05, 4.69) is 18.3 Å². The number of rotatable bonds is 8. The van der Waals surface area contributed by atoms with Crippen LogP contribution in [0.4, 0.5) is 0 Å². The molecule has 2 aromatic heterocycles. The quantitative estimate of drug-likeness (QED) is 0.680. The molecule has 0 aromatic carbocycles. The van der Waals surface area contributed by atoms with Crippen LogP contribution in [0.2, 0.25) is 0 Å². The van der Waals surface area contributed by atoms with Crippen LogP contribution in [0.1, 0.15) is 43.6 Å². The topological polar surface area (TPSA) is 81.5 Å². The standard InChI is InChI=1S/C21H31N5O3/c1-14-5-8-17-19(24-25(20(17)23-14)10-4-11-28-3)15(2)26(16-6-7-16)21(27)18-13-22-9-12-29-18/h5,8,15-16,18,22H,4,6-7,9-13H2,1-3H3. The number of methoxy groups -OCH3 is 1. The summed E-state index contributed by atoms with van der Waals surface area (Å²) in [5.41, 5.74) is 2.75. The monoisotopic (exact) mass is 401 g/mol. The average molecular weight is 402 g/mol. The summed E-state index contributed by atoms with van der Waals surface area (Å²) in [4.78, 5) is 20.0. The Hall–Kier alpha value is -2.03. The fraction of sp³-hybridized carbons (Fsp3) is 0.667. The lowest BCUT2D eigenvalue weighted by atomic mass is 10.1. The Bertz CT molecular complexity index is 857. The number of hydrogen-bond donors (Lipinski definition) is 1. The molecule has 1 amide bonds. The summed E-state index contributed by atoms with van der Waals surface area (Å²) in [6, 6.07) is 4.24. The van der Waals surface area contributed by atoms with E-state index in [1.54, 1.807) is 7.11 Å². The van der Waals surface area contributed by atoms with Crippen molar-refractivity contribution in [3.05, 3.63) is 23.5 Å². The molecule has 2 atom stereocenters. The fourth-order valence-corrected chi connectivity index (χ4v) is 4.06. The maximum Gasteiger partial charge on any atom is 0.253 e. The van der Waals surface area contributed by atoms with Crippen molar-refractivity contribution in [3.8, 4) is 0 Å². The van der Waals surface area contributed by atoms with Crippen molar-refractivity contribution in [1.29, 1.82) is 0 Å². The Morgan fingerprint density at radius 3 is 2.97 bits per heavy atom. The van der Waals surface area contributed by atoms with E-state index in [9.17, 15) is 4.79 Å². The molecule has 2 fully saturated rings. The first kappa shape index (κ1) is 20.3. The summed E-state index contributed by atoms with van der Waals surface area (Å²) in [6.07, 6.45) is 2.53. The van der Waals surface area contributed by atoms with E-state index in [1.807, 2.05) is 22.6 Å². The Kier molecular flexibility index (Phi) is 6.12. The lowest BCUT2D eigenvalue weighted by molar-refractivity contribution is -0.148. The maximum absolute atomic E-state index is 13.3. The van der Waals surface area contributed by atoms with Crippen LogP contribution in [0.5, 0.6) is 0 Å². The zero-order chi connectivity index (χ0) is 20.4. The third-order valence-electron chi connectivity index (χ3n) is 5.69. The lowest BCUT2D eigenvalue weighted by Crippen LogP contribution is -2.50. The van der Waals surface area contributed by atoms with Gasteiger partial charge in [0, 0.05) is 50.5 Å². The smallest absolute Gasteiger partial charge is 0.253 e. The number of nitrogens with zero attached hydrogens (tertiary/aromatic N) is 4. The van der Waals surface area contributed by atoms with Crippen molar-refractivity contribution >= 4 is 16.9 Å². The number of nitrogens with one attached hydrogen (secondary N) is 1. The molecule has 1 aliphatic carbocycles. The van der Waals surface area contributed by atoms with Gasteiger partial charge in [-0.15, -0.1) is 0 Å². The van der Waals surface area contributed by atoms with Gasteiger partial charge in [0.05, 0.1) is 18.3 Å². The van der Waals surface area contributed by atoms with Crippen LogP contribution in [0.15, 0.2) is 12.1 Å². The number of ether oxygens (including phenoxy) is 2. The molecule has 2 aromatic rings. The van der Waals surface area contributed by atoms with Gasteiger partial charge in [-0.05, 0) is 45.2 Å². The number of carbonyl (C=O) groups is 1. The summed E-state index contributed by atoms with van der Waals surface area (Å²) in [5, 5.41) is 9.19. The predicted octanol–water partition coefficient (Wildman–Crippen LogP) is 1.82. The van der Waals surface area contributed by atoms with Crippen molar-refractivity contribution in [2.75, 3.05) is 33.4 Å². The second-order valence-electron chi connectivity index (χ2n) is 7.99. The predicted molar refractivity (Wildman–Crippen MR) is 110 cm³/mol. The third kappa shape index (κ3) is 4.29. The molecule has 1 N–H and O–H groups in total. The molecule has 1 saturated carbocycles. The van der Waals surface area contributed by atoms with Crippen LogP contribution in [-0.2, 0) is 20.8 Å². The molecular formula is C21H31N5O3. The van der Waals surface area contributed by atoms with Crippen molar-refractivity contribution in [1.82, 2.24) is 25.0 Å². The fourth-order valence-electron chi connectivity index (χ4n) is 4.06. The number of morpholine rings is 1. The van der Waals surface area contributed by atoms with Crippen LogP contribution >= 0.6 is 0 Å². The van der Waals surface area contributed by atoms with E-state index in [-0.39, 0.29) is 18.0 Å². The first-order valence-corrected chi connectivity index (χ1v) is 10.6. The van der Waals surface area contributed by atoms with Crippen molar-refractivity contribution in [2.24, 2.45) is 0 Å². The van der Waals surface area contributed by atoms with Gasteiger partial charge in [-0.25, -0.2) is 9.67 Å². The van der Waals surface area contributed by atoms with E-state index in [0.29, 0.717) is 19.8 Å². The molecule has 1 saturated heterocycles. The molecule has 8 heteroatoms. The Labute approximate surface area is 171 Å². The molecule has 29 heavy (non-hydrogen) atoms. The third-order valence-corrected chi connectivity index (χ3v) is 5.69. The van der Waals surface area contributed by atoms with Gasteiger partial charge in [0.15, 0.2) is 5.65 Å². The molecule has 2 unspecified atom stereocenters. The highest BCUT2D eigenvalue weighted by molar-refractivity contribution is 5.84. The summed E-state index contributed by atoms with van der Waals surface area (Å²) in [7, 11) is 1.71. The maximum atomic E-state index is 13.3. The van der Waals surface area contributed by atoms with Crippen molar-refractivity contribution < 1.29 is 14.3 Å². The van der Waals surface area contributed by atoms with Crippen molar-refractivity contribution in [2.45, 2.75) is 57.8 Å². The summed E-state index contributed by atoms with van der Waals surface area (Å²) in [5.74, 6) is 0.0642. The van der Waals surface area contributed by atoms with Gasteiger partial charge in [0.2, 0.25) is 0 Å². The highest BCUT2D eigenvalue weighted by Gasteiger charge is 2.41. The Morgan fingerprint density at radius 1 is 1.45 bits per heavy atom. The Morgan fingerprint density at radius 2 is 2.28 bits per heavy atom. The van der Waals surface area contributed by atoms with Gasteiger partial charge in [0.1, 0.15) is 6.10 Å². The molecule has 3 heterocycles. The summed E-state index contributed by atoms with van der Waals surface area (Å²) < 4.78 is 12.9. The van der Waals surface area contributed by atoms with Crippen LogP contribution in [0.25, 0.3) is 11.0 Å². The largest absolute Gasteiger partial charge is 0.385 e. The van der Waals surface area contributed by atoms with E-state index in [4.69, 9.17) is 19.6 Å². The summed E-state index contributed by atoms with van der Waals surface area (Å²) >= 11 is 0. The van der Waals surface area contributed by atoms with Gasteiger partial charge in [-0.3, -0.25) is 4.79 Å². The molecule has 158 valence electrons. The second-order valence-corrected chi connectivity index (χ2v) is 7.99. The first-order chi connectivity index (χ1) is 14.1. The molecule has 2 aliphatic rings. The molecule has 0 bridgehead atoms. The van der Waals surface area contributed by atoms with Gasteiger partial charge in [0.25, 0.3) is 5.91 Å². The normalized spacial score (nSPS) is 20.7. The number of aryl methyl sites for hydroxylation is 2. The molecular weight excluding hydrogens is 370 g/mol. The van der Waals surface area contributed by atoms with Crippen LogP contribution in [0, 0.1) is 6.92 Å². The number of carbonyl (C=O) groups excluding carboxylic acids is 1. The summed E-state index contributed by atoms with van der Waals surface area (Å²) in [6.45, 7) is 7.42. The van der Waals surface area contributed by atoms with E-state index in [1.165, 1.54) is 0 Å². The number of pyridine rings is 1. The number of fused-ring (bicyclic) bond motifs is 1. The molecule has 8 nitrogen and oxygen atoms in total. The van der Waals surface area contributed by atoms with E-state index in [0.717, 1.165) is 54.8 Å². The van der Waals surface area contributed by atoms with Crippen LogP contribution < -0.4 is 5.32 Å². The minimum Gasteiger partial charge on any atom is -0.385 e. The molecule has 0 radical (unpaired) electrons. The minimum absolute atomic E-state index is 0.0642. The SMILES string of the molecule is COCCCn1nc(C(C)N(C(=O)C2CNCCO2)C2CC2)c2ccc(C)nc21. The zero-order valence-corrected chi connectivity index (χ0v) is 17.6. The van der Waals surface area contributed by atoms with Gasteiger partial charge >= 0.3 is 0 Å². The van der Waals surface area contributed by atoms with Gasteiger partial charge in [-0.1, -0.05) is 0 Å². The van der Waals surface area contributed by atoms with Gasteiger partial charge in [-0.2, -0.15) is 5.10 Å². The number of aromatic nitrogens is 3. The first-order valence-electron chi connectivity index (χ1n) is 10.6. The Balaban J connectivity index is 1.65. The van der Waals surface area contributed by atoms with Crippen LogP contribution in [-0.4, -0.2) is 71.1 Å². The van der Waals surface area contributed by atoms with E-state index < -0.39 is 6.10 Å². The minimum atomic E-state index is -0.415. The van der Waals surface area contributed by atoms with Gasteiger partial charge < -0.3 is 19.7 Å².